The van der Waals surface area contributed by atoms with Gasteiger partial charge in [-0.1, -0.05) is 11.2 Å². The van der Waals surface area contributed by atoms with E-state index in [1.807, 2.05) is 25.1 Å². The van der Waals surface area contributed by atoms with E-state index >= 15 is 0 Å². The molecule has 0 saturated heterocycles. The first-order chi connectivity index (χ1) is 7.20. The summed E-state index contributed by atoms with van der Waals surface area (Å²) in [5.41, 5.74) is 7.64. The van der Waals surface area contributed by atoms with E-state index < -0.39 is 0 Å². The van der Waals surface area contributed by atoms with Crippen LogP contribution in [-0.4, -0.2) is 11.2 Å². The normalized spacial score (nSPS) is 12.9. The molecule has 78 valence electrons. The maximum absolute atomic E-state index is 5.74. The summed E-state index contributed by atoms with van der Waals surface area (Å²) < 4.78 is 8.94. The molecule has 0 bridgehead atoms. The lowest BCUT2D eigenvalue weighted by Crippen LogP contribution is -2.17. The summed E-state index contributed by atoms with van der Waals surface area (Å²) in [5.74, 6) is 0.563. The molecule has 0 aliphatic heterocycles. The van der Waals surface area contributed by atoms with Gasteiger partial charge in [-0.2, -0.15) is 0 Å². The summed E-state index contributed by atoms with van der Waals surface area (Å²) >= 11 is 0. The molecule has 0 unspecified atom stereocenters. The Morgan fingerprint density at radius 1 is 1.60 bits per heavy atom. The first-order valence-corrected chi connectivity index (χ1v) is 5.17. The first-order valence-electron chi connectivity index (χ1n) is 4.72. The van der Waals surface area contributed by atoms with Crippen LogP contribution in [0.1, 0.15) is 12.5 Å². The second-order valence-corrected chi connectivity index (χ2v) is 3.85. The minimum Gasteiger partial charge on any atom is -0.354 e. The minimum atomic E-state index is 0.145. The Bertz CT molecular complexity index is 492. The van der Waals surface area contributed by atoms with Crippen LogP contribution in [0.25, 0.3) is 11.0 Å². The first kappa shape index (κ1) is 10.3. The van der Waals surface area contributed by atoms with Crippen LogP contribution in [0.3, 0.4) is 0 Å². The zero-order chi connectivity index (χ0) is 10.8. The van der Waals surface area contributed by atoms with E-state index in [0.29, 0.717) is 5.82 Å². The van der Waals surface area contributed by atoms with E-state index in [1.165, 1.54) is 0 Å². The predicted molar refractivity (Wildman–Crippen MR) is 61.8 cm³/mol. The number of hydrogen-bond acceptors (Lipinski definition) is 4. The third-order valence-electron chi connectivity index (χ3n) is 2.18. The fraction of sp³-hybridized carbons (Fsp3) is 0.300. The Balaban J connectivity index is 2.48. The summed E-state index contributed by atoms with van der Waals surface area (Å²) in [6.45, 7) is 1.98. The average Bonchev–Trinajstić information content (AvgIpc) is 2.59. The molecule has 0 saturated carbocycles. The Morgan fingerprint density at radius 2 is 2.40 bits per heavy atom. The zero-order valence-electron chi connectivity index (χ0n) is 8.40. The van der Waals surface area contributed by atoms with Crippen molar-refractivity contribution in [2.75, 3.05) is 0 Å². The third kappa shape index (κ3) is 2.06. The van der Waals surface area contributed by atoms with Crippen molar-refractivity contribution >= 4 is 25.8 Å². The molecule has 0 aliphatic rings. The smallest absolute Gasteiger partial charge is 0.206 e. The number of rotatable bonds is 3. The summed E-state index contributed by atoms with van der Waals surface area (Å²) in [6.07, 6.45) is 0.836. The van der Waals surface area contributed by atoms with E-state index in [9.17, 15) is 0 Å². The molecular formula is C10H12N3OP. The molecule has 1 aromatic carbocycles. The molecule has 1 aromatic heterocycles. The molecule has 1 atom stereocenters. The van der Waals surface area contributed by atoms with Gasteiger partial charge in [0.1, 0.15) is 0 Å². The molecule has 0 aliphatic carbocycles. The maximum atomic E-state index is 5.74. The van der Waals surface area contributed by atoms with Crippen LogP contribution in [0.4, 0.5) is 5.82 Å². The molecule has 0 radical (unpaired) electrons. The largest absolute Gasteiger partial charge is 0.354 e. The van der Waals surface area contributed by atoms with Crippen LogP contribution in [0.5, 0.6) is 0 Å². The van der Waals surface area contributed by atoms with Gasteiger partial charge in [0.2, 0.25) is 5.82 Å². The molecule has 0 amide bonds. The van der Waals surface area contributed by atoms with Crippen molar-refractivity contribution in [3.8, 4) is 0 Å². The number of hydrogen-bond donors (Lipinski definition) is 1. The van der Waals surface area contributed by atoms with Crippen LogP contribution in [-0.2, 0) is 6.42 Å². The van der Waals surface area contributed by atoms with Gasteiger partial charge >= 0.3 is 0 Å². The highest BCUT2D eigenvalue weighted by Crippen LogP contribution is 2.26. The van der Waals surface area contributed by atoms with Crippen molar-refractivity contribution in [1.82, 2.24) is 5.16 Å². The highest BCUT2D eigenvalue weighted by Gasteiger charge is 2.07. The number of aromatic nitrogens is 1. The molecule has 0 fully saturated rings. The lowest BCUT2D eigenvalue weighted by molar-refractivity contribution is 0.459. The van der Waals surface area contributed by atoms with Gasteiger partial charge in [-0.15, -0.1) is 0 Å². The van der Waals surface area contributed by atoms with E-state index in [-0.39, 0.29) is 6.04 Å². The van der Waals surface area contributed by atoms with E-state index in [4.69, 9.17) is 10.3 Å². The molecule has 2 rings (SSSR count). The van der Waals surface area contributed by atoms with Crippen molar-refractivity contribution in [3.05, 3.63) is 23.8 Å². The van der Waals surface area contributed by atoms with Crippen LogP contribution in [0.2, 0.25) is 0 Å². The second-order valence-electron chi connectivity index (χ2n) is 3.63. The second kappa shape index (κ2) is 4.09. The van der Waals surface area contributed by atoms with Crippen LogP contribution in [0, 0.1) is 0 Å². The molecule has 0 spiro atoms. The van der Waals surface area contributed by atoms with Crippen molar-refractivity contribution in [2.24, 2.45) is 10.5 Å². The van der Waals surface area contributed by atoms with E-state index in [2.05, 4.69) is 18.9 Å². The average molecular weight is 221 g/mol. The lowest BCUT2D eigenvalue weighted by Gasteiger charge is -2.04. The van der Waals surface area contributed by atoms with Gasteiger partial charge in [0, 0.05) is 6.04 Å². The molecule has 1 heterocycles. The monoisotopic (exact) mass is 221 g/mol. The number of benzene rings is 1. The Labute approximate surface area is 89.7 Å². The third-order valence-corrected chi connectivity index (χ3v) is 2.39. The quantitative estimate of drug-likeness (QED) is 0.810. The van der Waals surface area contributed by atoms with Gasteiger partial charge in [0.25, 0.3) is 0 Å². The highest BCUT2D eigenvalue weighted by atomic mass is 31.0. The summed E-state index contributed by atoms with van der Waals surface area (Å²) in [7, 11) is 3.06. The summed E-state index contributed by atoms with van der Waals surface area (Å²) in [5, 5.41) is 4.72. The van der Waals surface area contributed by atoms with E-state index in [0.717, 1.165) is 23.0 Å². The zero-order valence-corrected chi connectivity index (χ0v) is 9.40. The Hall–Kier alpha value is -1.25. The highest BCUT2D eigenvalue weighted by molar-refractivity contribution is 7.04. The number of nitrogens with two attached hydrogens (primary N) is 1. The van der Waals surface area contributed by atoms with Crippen molar-refractivity contribution < 1.29 is 4.52 Å². The maximum Gasteiger partial charge on any atom is 0.206 e. The molecule has 15 heavy (non-hydrogen) atoms. The standard InChI is InChI=1S/C10H12N3OP/c1-6(11)4-7-2-3-9-8(5-7)10(13-15)12-14-9/h2-3,5-6,15H,4,11H2,1H3/t6-/m1/s1. The Morgan fingerprint density at radius 3 is 3.07 bits per heavy atom. The fourth-order valence-electron chi connectivity index (χ4n) is 1.55. The van der Waals surface area contributed by atoms with Gasteiger partial charge < -0.3 is 10.3 Å². The van der Waals surface area contributed by atoms with Crippen molar-refractivity contribution in [2.45, 2.75) is 19.4 Å². The summed E-state index contributed by atoms with van der Waals surface area (Å²) in [4.78, 5) is 0. The van der Waals surface area contributed by atoms with Crippen molar-refractivity contribution in [1.29, 1.82) is 0 Å². The molecule has 5 heteroatoms. The van der Waals surface area contributed by atoms with Gasteiger partial charge in [-0.25, -0.2) is 4.74 Å². The van der Waals surface area contributed by atoms with Crippen LogP contribution >= 0.6 is 9.03 Å². The van der Waals surface area contributed by atoms with Crippen LogP contribution in [0.15, 0.2) is 27.5 Å². The molecule has 2 N–H and O–H groups in total. The fourth-order valence-corrected chi connectivity index (χ4v) is 1.71. The van der Waals surface area contributed by atoms with Gasteiger partial charge in [-0.3, -0.25) is 0 Å². The van der Waals surface area contributed by atoms with E-state index in [1.54, 1.807) is 0 Å². The van der Waals surface area contributed by atoms with Gasteiger partial charge in [0.05, 0.1) is 5.39 Å². The molecule has 4 nitrogen and oxygen atoms in total. The molecule has 2 aromatic rings. The predicted octanol–water partition coefficient (Wildman–Crippen LogP) is 2.68. The summed E-state index contributed by atoms with van der Waals surface area (Å²) in [6, 6.07) is 6.04. The SMILES string of the molecule is C[C@@H](N)Cc1ccc2onc(N=P)c2c1. The number of fused-ring (bicyclic) bond motifs is 1. The number of nitrogens with zero attached hydrogens (tertiary/aromatic N) is 2. The lowest BCUT2D eigenvalue weighted by atomic mass is 10.1. The minimum absolute atomic E-state index is 0.145. The Kier molecular flexibility index (Phi) is 2.80. The topological polar surface area (TPSA) is 64.4 Å². The van der Waals surface area contributed by atoms with Gasteiger partial charge in [0.15, 0.2) is 5.58 Å². The van der Waals surface area contributed by atoms with Crippen molar-refractivity contribution in [3.63, 3.8) is 0 Å². The van der Waals surface area contributed by atoms with Gasteiger partial charge in [-0.05, 0) is 40.1 Å². The molecular weight excluding hydrogens is 209 g/mol. The van der Waals surface area contributed by atoms with Crippen LogP contribution < -0.4 is 5.73 Å².